The van der Waals surface area contributed by atoms with E-state index >= 15 is 0 Å². The maximum Gasteiger partial charge on any atom is 0.151 e. The fourth-order valence-corrected chi connectivity index (χ4v) is 1.82. The molecule has 0 bridgehead atoms. The molecule has 1 saturated heterocycles. The topological polar surface area (TPSA) is 42.1 Å². The lowest BCUT2D eigenvalue weighted by molar-refractivity contribution is 0.571. The Morgan fingerprint density at radius 1 is 1.29 bits per heavy atom. The molecule has 1 aliphatic rings. The first-order chi connectivity index (χ1) is 6.77. The van der Waals surface area contributed by atoms with Crippen LogP contribution >= 0.6 is 0 Å². The van der Waals surface area contributed by atoms with Gasteiger partial charge in [-0.15, -0.1) is 0 Å². The molecule has 0 atom stereocenters. The third-order valence-electron chi connectivity index (χ3n) is 2.52. The van der Waals surface area contributed by atoms with Gasteiger partial charge in [0, 0.05) is 19.2 Å². The molecule has 1 aromatic heterocycles. The van der Waals surface area contributed by atoms with Crippen molar-refractivity contribution < 1.29 is 4.39 Å². The molecular formula is C10H14FN3. The number of pyridine rings is 1. The number of nitrogens with two attached hydrogens (primary N) is 1. The summed E-state index contributed by atoms with van der Waals surface area (Å²) in [7, 11) is 0. The molecule has 0 saturated carbocycles. The first-order valence-corrected chi connectivity index (χ1v) is 4.93. The summed E-state index contributed by atoms with van der Waals surface area (Å²) in [6.45, 7) is 1.95. The average molecular weight is 195 g/mol. The van der Waals surface area contributed by atoms with Crippen LogP contribution in [-0.4, -0.2) is 18.1 Å². The standard InChI is InChI=1S/C10H14FN3/c11-8-6-9(12)10(13-7-8)14-4-2-1-3-5-14/h6-7H,1-5,12H2. The van der Waals surface area contributed by atoms with Gasteiger partial charge in [0.05, 0.1) is 11.9 Å². The van der Waals surface area contributed by atoms with E-state index in [1.807, 2.05) is 0 Å². The van der Waals surface area contributed by atoms with Crippen LogP contribution in [0.2, 0.25) is 0 Å². The Morgan fingerprint density at radius 2 is 2.00 bits per heavy atom. The van der Waals surface area contributed by atoms with Gasteiger partial charge in [-0.1, -0.05) is 0 Å². The van der Waals surface area contributed by atoms with Crippen LogP contribution in [0.5, 0.6) is 0 Å². The molecule has 1 fully saturated rings. The summed E-state index contributed by atoms with van der Waals surface area (Å²) in [6.07, 6.45) is 4.81. The number of hydrogen-bond acceptors (Lipinski definition) is 3. The summed E-state index contributed by atoms with van der Waals surface area (Å²) in [6, 6.07) is 1.33. The minimum absolute atomic E-state index is 0.372. The van der Waals surface area contributed by atoms with Crippen LogP contribution in [0.25, 0.3) is 0 Å². The van der Waals surface area contributed by atoms with Crippen molar-refractivity contribution in [2.45, 2.75) is 19.3 Å². The predicted molar refractivity (Wildman–Crippen MR) is 54.7 cm³/mol. The first kappa shape index (κ1) is 9.24. The monoisotopic (exact) mass is 195 g/mol. The van der Waals surface area contributed by atoms with E-state index in [1.54, 1.807) is 0 Å². The maximum atomic E-state index is 12.8. The van der Waals surface area contributed by atoms with Crippen molar-refractivity contribution in [1.29, 1.82) is 0 Å². The summed E-state index contributed by atoms with van der Waals surface area (Å²) >= 11 is 0. The number of anilines is 2. The zero-order valence-corrected chi connectivity index (χ0v) is 8.04. The lowest BCUT2D eigenvalue weighted by Gasteiger charge is -2.28. The van der Waals surface area contributed by atoms with Crippen LogP contribution < -0.4 is 10.6 Å². The van der Waals surface area contributed by atoms with Crippen LogP contribution in [0, 0.1) is 5.82 Å². The van der Waals surface area contributed by atoms with Crippen molar-refractivity contribution in [1.82, 2.24) is 4.98 Å². The lowest BCUT2D eigenvalue weighted by atomic mass is 10.1. The molecule has 76 valence electrons. The van der Waals surface area contributed by atoms with Crippen molar-refractivity contribution in [2.24, 2.45) is 0 Å². The van der Waals surface area contributed by atoms with E-state index in [-0.39, 0.29) is 5.82 Å². The second-order valence-corrected chi connectivity index (χ2v) is 3.61. The Morgan fingerprint density at radius 3 is 2.64 bits per heavy atom. The Bertz CT molecular complexity index is 321. The van der Waals surface area contributed by atoms with E-state index in [0.717, 1.165) is 18.9 Å². The Balaban J connectivity index is 2.22. The third-order valence-corrected chi connectivity index (χ3v) is 2.52. The van der Waals surface area contributed by atoms with Crippen LogP contribution in [0.1, 0.15) is 19.3 Å². The van der Waals surface area contributed by atoms with E-state index in [9.17, 15) is 4.39 Å². The quantitative estimate of drug-likeness (QED) is 0.742. The molecule has 0 spiro atoms. The molecular weight excluding hydrogens is 181 g/mol. The molecule has 2 N–H and O–H groups in total. The zero-order chi connectivity index (χ0) is 9.97. The average Bonchev–Trinajstić information content (AvgIpc) is 2.19. The van der Waals surface area contributed by atoms with Crippen molar-refractivity contribution in [3.63, 3.8) is 0 Å². The van der Waals surface area contributed by atoms with Crippen LogP contribution in [0.3, 0.4) is 0 Å². The van der Waals surface area contributed by atoms with Gasteiger partial charge < -0.3 is 10.6 Å². The van der Waals surface area contributed by atoms with E-state index in [2.05, 4.69) is 9.88 Å². The minimum atomic E-state index is -0.372. The van der Waals surface area contributed by atoms with E-state index in [0.29, 0.717) is 5.69 Å². The number of nitrogens with zero attached hydrogens (tertiary/aromatic N) is 2. The molecule has 1 aliphatic heterocycles. The van der Waals surface area contributed by atoms with Crippen LogP contribution in [0.4, 0.5) is 15.9 Å². The van der Waals surface area contributed by atoms with Crippen LogP contribution in [0.15, 0.2) is 12.3 Å². The smallest absolute Gasteiger partial charge is 0.151 e. The Kier molecular flexibility index (Phi) is 2.52. The summed E-state index contributed by atoms with van der Waals surface area (Å²) < 4.78 is 12.8. The lowest BCUT2D eigenvalue weighted by Crippen LogP contribution is -2.30. The molecule has 2 rings (SSSR count). The zero-order valence-electron chi connectivity index (χ0n) is 8.04. The van der Waals surface area contributed by atoms with Crippen LogP contribution in [-0.2, 0) is 0 Å². The number of halogens is 1. The van der Waals surface area contributed by atoms with Gasteiger partial charge in [-0.05, 0) is 19.3 Å². The summed E-state index contributed by atoms with van der Waals surface area (Å²) in [5, 5.41) is 0. The van der Waals surface area contributed by atoms with E-state index in [1.165, 1.54) is 31.5 Å². The third kappa shape index (κ3) is 1.78. The Hall–Kier alpha value is -1.32. The number of aromatic nitrogens is 1. The van der Waals surface area contributed by atoms with Crippen molar-refractivity contribution in [2.75, 3.05) is 23.7 Å². The largest absolute Gasteiger partial charge is 0.396 e. The molecule has 2 heterocycles. The van der Waals surface area contributed by atoms with Gasteiger partial charge in [0.15, 0.2) is 5.82 Å². The van der Waals surface area contributed by atoms with Gasteiger partial charge in [-0.3, -0.25) is 0 Å². The second-order valence-electron chi connectivity index (χ2n) is 3.61. The highest BCUT2D eigenvalue weighted by Gasteiger charge is 2.14. The van der Waals surface area contributed by atoms with E-state index in [4.69, 9.17) is 5.73 Å². The fourth-order valence-electron chi connectivity index (χ4n) is 1.82. The molecule has 0 unspecified atom stereocenters. The highest BCUT2D eigenvalue weighted by molar-refractivity contribution is 5.62. The molecule has 0 aromatic carbocycles. The Labute approximate surface area is 82.7 Å². The molecule has 14 heavy (non-hydrogen) atoms. The summed E-state index contributed by atoms with van der Waals surface area (Å²) in [5.74, 6) is 0.356. The maximum absolute atomic E-state index is 12.8. The van der Waals surface area contributed by atoms with Crippen molar-refractivity contribution in [3.8, 4) is 0 Å². The highest BCUT2D eigenvalue weighted by atomic mass is 19.1. The molecule has 1 aromatic rings. The number of piperidine rings is 1. The second kappa shape index (κ2) is 3.82. The van der Waals surface area contributed by atoms with Crippen molar-refractivity contribution >= 4 is 11.5 Å². The number of nitrogen functional groups attached to an aromatic ring is 1. The fraction of sp³-hybridized carbons (Fsp3) is 0.500. The van der Waals surface area contributed by atoms with Gasteiger partial charge in [0.1, 0.15) is 5.82 Å². The number of rotatable bonds is 1. The highest BCUT2D eigenvalue weighted by Crippen LogP contribution is 2.23. The molecule has 3 nitrogen and oxygen atoms in total. The molecule has 4 heteroatoms. The molecule has 0 amide bonds. The normalized spacial score (nSPS) is 17.1. The SMILES string of the molecule is Nc1cc(F)cnc1N1CCCCC1. The van der Waals surface area contributed by atoms with Gasteiger partial charge in [0.2, 0.25) is 0 Å². The predicted octanol–water partition coefficient (Wildman–Crippen LogP) is 1.79. The van der Waals surface area contributed by atoms with Gasteiger partial charge in [0.25, 0.3) is 0 Å². The van der Waals surface area contributed by atoms with Gasteiger partial charge in [-0.25, -0.2) is 9.37 Å². The molecule has 0 aliphatic carbocycles. The van der Waals surface area contributed by atoms with Crippen molar-refractivity contribution in [3.05, 3.63) is 18.1 Å². The summed E-state index contributed by atoms with van der Waals surface area (Å²) in [4.78, 5) is 6.15. The van der Waals surface area contributed by atoms with Gasteiger partial charge in [-0.2, -0.15) is 0 Å². The number of hydrogen-bond donors (Lipinski definition) is 1. The van der Waals surface area contributed by atoms with Gasteiger partial charge >= 0.3 is 0 Å². The molecule has 0 radical (unpaired) electrons. The minimum Gasteiger partial charge on any atom is -0.396 e. The van der Waals surface area contributed by atoms with E-state index < -0.39 is 0 Å². The summed E-state index contributed by atoms with van der Waals surface area (Å²) in [5.41, 5.74) is 6.15. The first-order valence-electron chi connectivity index (χ1n) is 4.93.